The molecule has 0 aliphatic carbocycles. The molecule has 0 atom stereocenters. The highest BCUT2D eigenvalue weighted by molar-refractivity contribution is 6.31. The Morgan fingerprint density at radius 3 is 1.17 bits per heavy atom. The number of hydrogen-bond donors (Lipinski definition) is 0. The van der Waals surface area contributed by atoms with E-state index in [0.717, 1.165) is 65.8 Å². The SMILES string of the molecule is Cc1cc2c(C(C)(C)C)cn(C)c2cc1F.Cc1cc2c(cc1F)c(C(C)(C)C)cn2C.Cc1ccc(C(C)(C)C)cc1.Cc1ccc(C(C)(C)C)cc1Cl.Cc1ccc(C(C)(C)C)cc1F.Cc1ccc2c(c(C(C)(C)C)cn2C)c1F.Cc1ccc2cc(C(C)(C)C)oc2c1.Cc1cccc(C(C)(C)C)c1. The third-order valence-electron chi connectivity index (χ3n) is 19.5. The van der Waals surface area contributed by atoms with E-state index < -0.39 is 0 Å². The quantitative estimate of drug-likeness (QED) is 0.139. The lowest BCUT2D eigenvalue weighted by Crippen LogP contribution is -2.11. The molecule has 4 nitrogen and oxygen atoms in total. The van der Waals surface area contributed by atoms with Crippen molar-refractivity contribution < 1.29 is 22.0 Å². The molecule has 12 aromatic rings. The topological polar surface area (TPSA) is 27.9 Å². The van der Waals surface area contributed by atoms with Gasteiger partial charge in [-0.3, -0.25) is 0 Å². The first-order valence-electron chi connectivity index (χ1n) is 38.2. The zero-order valence-corrected chi connectivity index (χ0v) is 73.5. The first kappa shape index (κ1) is 90.5. The largest absolute Gasteiger partial charge is 0.461 e. The fourth-order valence-corrected chi connectivity index (χ4v) is 12.3. The lowest BCUT2D eigenvalue weighted by molar-refractivity contribution is 0.430. The van der Waals surface area contributed by atoms with E-state index in [4.69, 9.17) is 16.0 Å². The molecular weight excluding hydrogens is 1360 g/mol. The second-order valence-electron chi connectivity index (χ2n) is 38.1. The minimum atomic E-state index is -0.130. The van der Waals surface area contributed by atoms with Gasteiger partial charge in [-0.2, -0.15) is 0 Å². The Bertz CT molecular complexity index is 4820. The molecule has 12 rings (SSSR count). The maximum absolute atomic E-state index is 14.2. The van der Waals surface area contributed by atoms with Crippen molar-refractivity contribution in [3.8, 4) is 0 Å². The van der Waals surface area contributed by atoms with Crippen LogP contribution in [-0.4, -0.2) is 13.7 Å². The number of nitrogens with zero attached hydrogens (tertiary/aromatic N) is 3. The molecular formula is C99H132ClF4N3O. The highest BCUT2D eigenvalue weighted by Crippen LogP contribution is 2.38. The highest BCUT2D eigenvalue weighted by Gasteiger charge is 2.26. The number of halogens is 5. The fraction of sp³-hybridized carbons (Fsp3) is 0.434. The zero-order valence-electron chi connectivity index (χ0n) is 72.7. The van der Waals surface area contributed by atoms with E-state index >= 15 is 0 Å². The second kappa shape index (κ2) is 35.3. The first-order valence-corrected chi connectivity index (χ1v) is 38.5. The maximum Gasteiger partial charge on any atom is 0.135 e. The van der Waals surface area contributed by atoms with E-state index in [2.05, 4.69) is 295 Å². The van der Waals surface area contributed by atoms with Crippen LogP contribution in [0.5, 0.6) is 0 Å². The molecule has 0 saturated heterocycles. The van der Waals surface area contributed by atoms with Gasteiger partial charge in [0, 0.05) is 77.2 Å². The van der Waals surface area contributed by atoms with Crippen LogP contribution >= 0.6 is 11.6 Å². The summed E-state index contributed by atoms with van der Waals surface area (Å²) in [7, 11) is 5.94. The van der Waals surface area contributed by atoms with E-state index in [1.807, 2.05) is 93.6 Å². The van der Waals surface area contributed by atoms with Gasteiger partial charge in [-0.15, -0.1) is 0 Å². The lowest BCUT2D eigenvalue weighted by atomic mass is 9.86. The van der Waals surface area contributed by atoms with Crippen molar-refractivity contribution in [1.82, 2.24) is 13.7 Å². The summed E-state index contributed by atoms with van der Waals surface area (Å²) in [5, 5.41) is 5.02. The van der Waals surface area contributed by atoms with Crippen molar-refractivity contribution in [2.75, 3.05) is 0 Å². The minimum Gasteiger partial charge on any atom is -0.461 e. The molecule has 108 heavy (non-hydrogen) atoms. The molecule has 0 amide bonds. The Kier molecular flexibility index (Phi) is 29.6. The van der Waals surface area contributed by atoms with E-state index in [-0.39, 0.29) is 66.6 Å². The molecule has 0 saturated carbocycles. The van der Waals surface area contributed by atoms with Crippen molar-refractivity contribution in [1.29, 1.82) is 0 Å². The van der Waals surface area contributed by atoms with Crippen LogP contribution in [0.15, 0.2) is 169 Å². The Labute approximate surface area is 654 Å². The molecule has 0 aliphatic rings. The van der Waals surface area contributed by atoms with Crippen molar-refractivity contribution in [3.63, 3.8) is 0 Å². The first-order chi connectivity index (χ1) is 49.2. The van der Waals surface area contributed by atoms with Crippen molar-refractivity contribution in [2.45, 2.75) is 265 Å². The van der Waals surface area contributed by atoms with Crippen molar-refractivity contribution in [2.24, 2.45) is 21.1 Å². The fourth-order valence-electron chi connectivity index (χ4n) is 12.1. The summed E-state index contributed by atoms with van der Waals surface area (Å²) in [6.45, 7) is 67.6. The summed E-state index contributed by atoms with van der Waals surface area (Å²) in [5.74, 6) is 0.613. The monoisotopic (exact) mass is 1490 g/mol. The number of aromatic nitrogens is 3. The number of fused-ring (bicyclic) bond motifs is 4. The van der Waals surface area contributed by atoms with Crippen LogP contribution in [0, 0.1) is 78.7 Å². The normalized spacial score (nSPS) is 12.1. The molecule has 9 heteroatoms. The van der Waals surface area contributed by atoms with E-state index in [1.54, 1.807) is 32.0 Å². The molecule has 0 N–H and O–H groups in total. The summed E-state index contributed by atoms with van der Waals surface area (Å²) in [6.07, 6.45) is 6.24. The summed E-state index contributed by atoms with van der Waals surface area (Å²) in [6, 6.07) is 48.6. The minimum absolute atomic E-state index is 0.0336. The van der Waals surface area contributed by atoms with E-state index in [1.165, 1.54) is 49.9 Å². The van der Waals surface area contributed by atoms with Gasteiger partial charge in [0.15, 0.2) is 0 Å². The van der Waals surface area contributed by atoms with Crippen LogP contribution in [0.4, 0.5) is 17.6 Å². The van der Waals surface area contributed by atoms with Gasteiger partial charge in [0.25, 0.3) is 0 Å². The van der Waals surface area contributed by atoms with Crippen LogP contribution < -0.4 is 0 Å². The van der Waals surface area contributed by atoms with Crippen LogP contribution in [0.2, 0.25) is 5.02 Å². The van der Waals surface area contributed by atoms with Gasteiger partial charge in [-0.25, -0.2) is 17.6 Å². The smallest absolute Gasteiger partial charge is 0.135 e. The summed E-state index contributed by atoms with van der Waals surface area (Å²) < 4.78 is 66.3. The molecule has 0 spiro atoms. The number of hydrogen-bond acceptors (Lipinski definition) is 1. The molecule has 0 fully saturated rings. The van der Waals surface area contributed by atoms with E-state index in [9.17, 15) is 17.6 Å². The number of aryl methyl sites for hydroxylation is 11. The zero-order chi connectivity index (χ0) is 82.3. The van der Waals surface area contributed by atoms with Crippen LogP contribution in [0.1, 0.15) is 255 Å². The van der Waals surface area contributed by atoms with E-state index in [0.29, 0.717) is 22.3 Å². The molecule has 0 unspecified atom stereocenters. The van der Waals surface area contributed by atoms with Gasteiger partial charge in [0.05, 0.1) is 11.0 Å². The number of benzene rings is 8. The molecule has 0 bridgehead atoms. The summed E-state index contributed by atoms with van der Waals surface area (Å²) in [4.78, 5) is 0. The summed E-state index contributed by atoms with van der Waals surface area (Å²) >= 11 is 6.02. The van der Waals surface area contributed by atoms with Crippen LogP contribution in [0.3, 0.4) is 0 Å². The Morgan fingerprint density at radius 1 is 0.306 bits per heavy atom. The Hall–Kier alpha value is -8.07. The van der Waals surface area contributed by atoms with Crippen molar-refractivity contribution in [3.05, 3.63) is 282 Å². The number of furan rings is 1. The predicted molar refractivity (Wildman–Crippen MR) is 463 cm³/mol. The third kappa shape index (κ3) is 25.0. The standard InChI is InChI=1S/3C14H18FN.C13H16O.C11H15Cl.C11H15F.2C11H16/c1-9-6-13-10(7-12(9)15)11(8-16(13)5)14(2,3)4;1-9-6-10-11(14(2,3)4)8-16(5)13(10)7-12(9)15;1-9-6-7-11-12(13(9)15)10(8-16(11)5)14(2,3)4;1-9-5-6-10-8-12(13(2,3)4)14-11(10)7-9;2*1-8-5-6-9(7-10(8)12)11(2,3)4;1-9-5-7-10(8-6-9)11(2,3)4;1-9-6-5-7-10(8-9)11(2,3)4/h3*6-8H,1-5H3;5-8H,1-4H3;2*5-7H,1-4H3;2*5-8H,1-4H3. The molecule has 4 heterocycles. The second-order valence-corrected chi connectivity index (χ2v) is 38.5. The number of rotatable bonds is 0. The van der Waals surface area contributed by atoms with Crippen LogP contribution in [-0.2, 0) is 64.5 Å². The maximum atomic E-state index is 14.2. The van der Waals surface area contributed by atoms with Gasteiger partial charge < -0.3 is 18.1 Å². The predicted octanol–water partition coefficient (Wildman–Crippen LogP) is 29.8. The van der Waals surface area contributed by atoms with Gasteiger partial charge in [0.2, 0.25) is 0 Å². The highest BCUT2D eigenvalue weighted by atomic mass is 35.5. The van der Waals surface area contributed by atoms with Crippen LogP contribution in [0.25, 0.3) is 43.7 Å². The van der Waals surface area contributed by atoms with Gasteiger partial charge >= 0.3 is 0 Å². The lowest BCUT2D eigenvalue weighted by Gasteiger charge is -2.19. The third-order valence-corrected chi connectivity index (χ3v) is 19.9. The van der Waals surface area contributed by atoms with Gasteiger partial charge in [0.1, 0.15) is 34.6 Å². The van der Waals surface area contributed by atoms with Gasteiger partial charge in [-0.05, 0) is 220 Å². The van der Waals surface area contributed by atoms with Crippen molar-refractivity contribution >= 4 is 55.3 Å². The Balaban J connectivity index is 0.000000222. The summed E-state index contributed by atoms with van der Waals surface area (Å²) in [5.41, 5.74) is 21.6. The average Bonchev–Trinajstić information content (AvgIpc) is 1.62. The van der Waals surface area contributed by atoms with Gasteiger partial charge in [-0.1, -0.05) is 280 Å². The molecule has 0 aliphatic heterocycles. The molecule has 0 radical (unpaired) electrons. The molecule has 8 aromatic carbocycles. The molecule has 4 aromatic heterocycles. The Morgan fingerprint density at radius 2 is 0.704 bits per heavy atom. The molecule has 584 valence electrons. The average molecular weight is 1490 g/mol.